The van der Waals surface area contributed by atoms with Crippen LogP contribution in [0.1, 0.15) is 22.8 Å². The van der Waals surface area contributed by atoms with Crippen LogP contribution >= 0.6 is 11.6 Å². The molecule has 0 aliphatic carbocycles. The summed E-state index contributed by atoms with van der Waals surface area (Å²) < 4.78 is 82.0. The first kappa shape index (κ1) is 29.6. The van der Waals surface area contributed by atoms with Crippen LogP contribution in [0.4, 0.5) is 24.5 Å². The van der Waals surface area contributed by atoms with Gasteiger partial charge in [-0.05, 0) is 43.3 Å². The number of methoxy groups -OCH3 is 2. The van der Waals surface area contributed by atoms with Crippen molar-refractivity contribution >= 4 is 44.9 Å². The molecule has 1 atom stereocenters. The lowest BCUT2D eigenvalue weighted by atomic mass is 10.2. The zero-order valence-corrected chi connectivity index (χ0v) is 22.2. The van der Waals surface area contributed by atoms with Gasteiger partial charge >= 0.3 is 12.1 Å². The molecule has 0 bridgehead atoms. The van der Waals surface area contributed by atoms with Gasteiger partial charge in [-0.3, -0.25) is 9.52 Å². The molecule has 0 radical (unpaired) electrons. The van der Waals surface area contributed by atoms with Crippen LogP contribution in [0.25, 0.3) is 0 Å². The third-order valence-corrected chi connectivity index (χ3v) is 6.89. The van der Waals surface area contributed by atoms with E-state index in [0.717, 1.165) is 36.4 Å². The molecular weight excluding hydrogens is 565 g/mol. The van der Waals surface area contributed by atoms with E-state index in [4.69, 9.17) is 25.8 Å². The van der Waals surface area contributed by atoms with Crippen LogP contribution < -0.4 is 19.5 Å². The molecule has 0 heterocycles. The summed E-state index contributed by atoms with van der Waals surface area (Å²) >= 11 is 6.06. The van der Waals surface area contributed by atoms with E-state index in [1.807, 2.05) is 4.72 Å². The van der Waals surface area contributed by atoms with Crippen molar-refractivity contribution in [2.75, 3.05) is 24.3 Å². The molecule has 14 heteroatoms. The Morgan fingerprint density at radius 2 is 1.56 bits per heavy atom. The second-order valence-corrected chi connectivity index (χ2v) is 10.1. The lowest BCUT2D eigenvalue weighted by molar-refractivity contribution is -0.137. The third-order valence-electron chi connectivity index (χ3n) is 5.18. The molecule has 0 fully saturated rings. The van der Waals surface area contributed by atoms with Gasteiger partial charge in [0.25, 0.3) is 15.9 Å². The Bertz CT molecular complexity index is 1470. The van der Waals surface area contributed by atoms with Crippen molar-refractivity contribution < 1.29 is 45.4 Å². The molecule has 3 aromatic rings. The average molecular weight is 587 g/mol. The predicted molar refractivity (Wildman–Crippen MR) is 137 cm³/mol. The quantitative estimate of drug-likeness (QED) is 0.324. The molecule has 39 heavy (non-hydrogen) atoms. The number of amides is 1. The van der Waals surface area contributed by atoms with Gasteiger partial charge in [0.05, 0.1) is 35.3 Å². The van der Waals surface area contributed by atoms with E-state index in [1.165, 1.54) is 33.3 Å². The van der Waals surface area contributed by atoms with Gasteiger partial charge in [0, 0.05) is 29.6 Å². The highest BCUT2D eigenvalue weighted by molar-refractivity contribution is 7.92. The number of esters is 1. The zero-order chi connectivity index (χ0) is 29.0. The Labute approximate surface area is 226 Å². The number of sulfonamides is 1. The minimum Gasteiger partial charge on any atom is -0.497 e. The van der Waals surface area contributed by atoms with Crippen LogP contribution in [0, 0.1) is 0 Å². The Balaban J connectivity index is 1.76. The summed E-state index contributed by atoms with van der Waals surface area (Å²) in [6.45, 7) is 1.29. The molecule has 0 aromatic heterocycles. The standard InChI is InChI=1S/C25H22ClF3N2O7S/c1-14(23(32)30-17-10-18(36-2)12-19(11-17)37-3)38-24(33)21-13-20(7-8-22(21)26)39(34,35)31-16-6-4-5-15(9-16)25(27,28)29/h4-14,31H,1-3H3,(H,30,32)/t14-/m1/s1. The number of benzene rings is 3. The second kappa shape index (κ2) is 11.8. The van der Waals surface area contributed by atoms with E-state index < -0.39 is 44.6 Å². The molecule has 3 rings (SSSR count). The maximum Gasteiger partial charge on any atom is 0.416 e. The van der Waals surface area contributed by atoms with Crippen molar-refractivity contribution in [3.05, 3.63) is 76.8 Å². The second-order valence-electron chi connectivity index (χ2n) is 7.96. The van der Waals surface area contributed by atoms with Gasteiger partial charge in [-0.2, -0.15) is 13.2 Å². The molecule has 0 aliphatic heterocycles. The summed E-state index contributed by atoms with van der Waals surface area (Å²) in [5.74, 6) is -1.03. The van der Waals surface area contributed by atoms with Crippen molar-refractivity contribution in [1.29, 1.82) is 0 Å². The van der Waals surface area contributed by atoms with Gasteiger partial charge in [-0.25, -0.2) is 13.2 Å². The highest BCUT2D eigenvalue weighted by atomic mass is 35.5. The molecule has 0 saturated heterocycles. The highest BCUT2D eigenvalue weighted by Gasteiger charge is 2.31. The van der Waals surface area contributed by atoms with Crippen molar-refractivity contribution in [2.45, 2.75) is 24.1 Å². The minimum absolute atomic E-state index is 0.178. The summed E-state index contributed by atoms with van der Waals surface area (Å²) in [5, 5.41) is 2.37. The van der Waals surface area contributed by atoms with E-state index in [0.29, 0.717) is 23.3 Å². The van der Waals surface area contributed by atoms with Gasteiger partial charge in [-0.15, -0.1) is 0 Å². The van der Waals surface area contributed by atoms with Crippen LogP contribution in [-0.4, -0.2) is 40.6 Å². The van der Waals surface area contributed by atoms with Gasteiger partial charge in [-0.1, -0.05) is 17.7 Å². The smallest absolute Gasteiger partial charge is 0.416 e. The first-order valence-electron chi connectivity index (χ1n) is 11.0. The van der Waals surface area contributed by atoms with Crippen molar-refractivity contribution in [2.24, 2.45) is 0 Å². The maximum absolute atomic E-state index is 13.0. The number of anilines is 2. The van der Waals surface area contributed by atoms with Gasteiger partial charge in [0.15, 0.2) is 6.10 Å². The molecule has 0 spiro atoms. The molecule has 2 N–H and O–H groups in total. The van der Waals surface area contributed by atoms with E-state index in [1.54, 1.807) is 6.07 Å². The Hall–Kier alpha value is -3.97. The molecule has 1 amide bonds. The Kier molecular flexibility index (Phi) is 8.97. The molecule has 0 saturated carbocycles. The predicted octanol–water partition coefficient (Wildman–Crippen LogP) is 5.36. The molecule has 0 aliphatic rings. The number of carbonyl (C=O) groups is 2. The largest absolute Gasteiger partial charge is 0.497 e. The number of ether oxygens (including phenoxy) is 3. The summed E-state index contributed by atoms with van der Waals surface area (Å²) in [5.41, 5.74) is -1.48. The van der Waals surface area contributed by atoms with Crippen LogP contribution in [0.5, 0.6) is 11.5 Å². The Morgan fingerprint density at radius 1 is 0.923 bits per heavy atom. The van der Waals surface area contributed by atoms with Crippen LogP contribution in [0.15, 0.2) is 65.6 Å². The number of hydrogen-bond acceptors (Lipinski definition) is 7. The van der Waals surface area contributed by atoms with Crippen LogP contribution in [-0.2, 0) is 25.7 Å². The summed E-state index contributed by atoms with van der Waals surface area (Å²) in [4.78, 5) is 24.9. The molecule has 0 unspecified atom stereocenters. The topological polar surface area (TPSA) is 120 Å². The first-order chi connectivity index (χ1) is 18.2. The van der Waals surface area contributed by atoms with Gasteiger partial charge in [0.1, 0.15) is 11.5 Å². The number of halogens is 4. The fraction of sp³-hybridized carbons (Fsp3) is 0.200. The van der Waals surface area contributed by atoms with E-state index in [2.05, 4.69) is 5.32 Å². The minimum atomic E-state index is -4.68. The van der Waals surface area contributed by atoms with Gasteiger partial charge < -0.3 is 19.5 Å². The average Bonchev–Trinajstić information content (AvgIpc) is 2.87. The first-order valence-corrected chi connectivity index (χ1v) is 12.8. The summed E-state index contributed by atoms with van der Waals surface area (Å²) in [6, 6.07) is 11.2. The number of nitrogens with one attached hydrogen (secondary N) is 2. The van der Waals surface area contributed by atoms with E-state index in [-0.39, 0.29) is 16.3 Å². The number of carbonyl (C=O) groups excluding carboxylic acids is 2. The summed E-state index contributed by atoms with van der Waals surface area (Å²) in [7, 11) is -1.58. The number of rotatable bonds is 9. The van der Waals surface area contributed by atoms with Gasteiger partial charge in [0.2, 0.25) is 0 Å². The zero-order valence-electron chi connectivity index (χ0n) is 20.6. The molecular formula is C25H22ClF3N2O7S. The third kappa shape index (κ3) is 7.54. The fourth-order valence-corrected chi connectivity index (χ4v) is 4.47. The highest BCUT2D eigenvalue weighted by Crippen LogP contribution is 2.32. The number of alkyl halides is 3. The maximum atomic E-state index is 13.0. The van der Waals surface area contributed by atoms with Crippen LogP contribution in [0.3, 0.4) is 0 Å². The van der Waals surface area contributed by atoms with E-state index in [9.17, 15) is 31.2 Å². The number of hydrogen-bond donors (Lipinski definition) is 2. The monoisotopic (exact) mass is 586 g/mol. The lowest BCUT2D eigenvalue weighted by Gasteiger charge is -2.16. The molecule has 208 valence electrons. The van der Waals surface area contributed by atoms with E-state index >= 15 is 0 Å². The van der Waals surface area contributed by atoms with Crippen molar-refractivity contribution in [3.8, 4) is 11.5 Å². The lowest BCUT2D eigenvalue weighted by Crippen LogP contribution is -2.30. The summed E-state index contributed by atoms with van der Waals surface area (Å²) in [6.07, 6.45) is -6.02. The van der Waals surface area contributed by atoms with Crippen molar-refractivity contribution in [1.82, 2.24) is 0 Å². The van der Waals surface area contributed by atoms with Crippen molar-refractivity contribution in [3.63, 3.8) is 0 Å². The Morgan fingerprint density at radius 3 is 2.15 bits per heavy atom. The molecule has 3 aromatic carbocycles. The SMILES string of the molecule is COc1cc(NC(=O)[C@@H](C)OC(=O)c2cc(S(=O)(=O)Nc3cccc(C(F)(F)F)c3)ccc2Cl)cc(OC)c1. The van der Waals surface area contributed by atoms with Crippen LogP contribution in [0.2, 0.25) is 5.02 Å². The molecule has 9 nitrogen and oxygen atoms in total. The normalized spacial score (nSPS) is 12.3. The fourth-order valence-electron chi connectivity index (χ4n) is 3.20.